The van der Waals surface area contributed by atoms with Crippen molar-refractivity contribution in [2.45, 2.75) is 66.2 Å². The van der Waals surface area contributed by atoms with Crippen LogP contribution in [0.2, 0.25) is 0 Å². The Bertz CT molecular complexity index is 2640. The molecule has 0 unspecified atom stereocenters. The van der Waals surface area contributed by atoms with Gasteiger partial charge >= 0.3 is 0 Å². The van der Waals surface area contributed by atoms with Crippen molar-refractivity contribution >= 4 is 39.9 Å². The van der Waals surface area contributed by atoms with Crippen LogP contribution in [-0.4, -0.2) is 11.7 Å². The summed E-state index contributed by atoms with van der Waals surface area (Å²) in [5.74, 6) is 2.08. The van der Waals surface area contributed by atoms with Gasteiger partial charge in [0.1, 0.15) is 11.5 Å². The van der Waals surface area contributed by atoms with E-state index in [-0.39, 0.29) is 31.9 Å². The molecule has 7 aromatic rings. The molecular weight excluding hydrogens is 904 g/mol. The first-order chi connectivity index (χ1) is 27.7. The number of nitrogens with zero attached hydrogens (tertiary/aromatic N) is 4. The minimum atomic E-state index is -0.142. The van der Waals surface area contributed by atoms with Crippen molar-refractivity contribution in [2.75, 3.05) is 11.6 Å². The molecular formula is C53H51N4OPt-. The Morgan fingerprint density at radius 1 is 0.610 bits per heavy atom. The van der Waals surface area contributed by atoms with Crippen LogP contribution in [0.3, 0.4) is 0 Å². The van der Waals surface area contributed by atoms with Gasteiger partial charge in [-0.05, 0) is 83.3 Å². The molecule has 300 valence electrons. The first-order valence-corrected chi connectivity index (χ1v) is 20.2. The fourth-order valence-corrected chi connectivity index (χ4v) is 8.45. The Hall–Kier alpha value is -5.32. The van der Waals surface area contributed by atoms with Gasteiger partial charge in [0.05, 0.1) is 6.67 Å². The molecule has 5 nitrogen and oxygen atoms in total. The average Bonchev–Trinajstić information content (AvgIpc) is 3.63. The molecule has 59 heavy (non-hydrogen) atoms. The van der Waals surface area contributed by atoms with Gasteiger partial charge in [-0.15, -0.1) is 41.5 Å². The Labute approximate surface area is 365 Å². The largest absolute Gasteiger partial charge is 0.509 e. The number of para-hydroxylation sites is 2. The minimum absolute atomic E-state index is 0. The molecule has 0 aliphatic carbocycles. The minimum Gasteiger partial charge on any atom is -0.509 e. The number of anilines is 3. The molecule has 0 saturated carbocycles. The van der Waals surface area contributed by atoms with Gasteiger partial charge in [0.2, 0.25) is 0 Å². The number of rotatable bonds is 8. The molecule has 0 radical (unpaired) electrons. The van der Waals surface area contributed by atoms with E-state index in [0.717, 1.165) is 40.7 Å². The fourth-order valence-electron chi connectivity index (χ4n) is 8.45. The summed E-state index contributed by atoms with van der Waals surface area (Å²) >= 11 is 0. The fraction of sp³-hybridized carbons (Fsp3) is 0.208. The van der Waals surface area contributed by atoms with E-state index in [4.69, 9.17) is 9.72 Å². The monoisotopic (exact) mass is 954 g/mol. The number of hydrogen-bond donors (Lipinski definition) is 0. The second-order valence-corrected chi connectivity index (χ2v) is 18.0. The van der Waals surface area contributed by atoms with Crippen LogP contribution in [0.25, 0.3) is 11.1 Å². The first-order valence-electron chi connectivity index (χ1n) is 20.2. The van der Waals surface area contributed by atoms with Crippen molar-refractivity contribution in [2.24, 2.45) is 0 Å². The van der Waals surface area contributed by atoms with Crippen LogP contribution < -0.4 is 18.6 Å². The van der Waals surface area contributed by atoms with E-state index in [0.29, 0.717) is 20.5 Å². The second-order valence-electron chi connectivity index (χ2n) is 18.0. The summed E-state index contributed by atoms with van der Waals surface area (Å²) in [5.41, 5.74) is 13.7. The van der Waals surface area contributed by atoms with Gasteiger partial charge < -0.3 is 14.1 Å². The topological polar surface area (TPSA) is 25.4 Å². The first kappa shape index (κ1) is 40.5. The molecule has 3 aliphatic rings. The van der Waals surface area contributed by atoms with Gasteiger partial charge in [-0.25, -0.2) is 4.98 Å². The Kier molecular flexibility index (Phi) is 10.3. The standard InChI is InChI=1S/C53H51N4O.Pt/c1-37-26-49-50(27-38(37)2)57(35-56(49,36-57)45-22-16-11-17-23-45)46-30-42(53(6,7)8)31-48(34-46)58-47-29-40(39-18-12-9-13-19-39)28-44(33-47)55(43-20-14-10-15-21-43)51-32-41(24-25-54-51)52(3,4)5;/h9-32,35H,36H2,1-8H3;/q-1;/t56-,57+;/m0./s1. The van der Waals surface area contributed by atoms with Gasteiger partial charge in [-0.1, -0.05) is 120 Å². The van der Waals surface area contributed by atoms with Crippen LogP contribution in [0.4, 0.5) is 39.9 Å². The molecule has 3 aliphatic heterocycles. The third kappa shape index (κ3) is 7.24. The maximum absolute atomic E-state index is 7.03. The molecule has 1 saturated heterocycles. The number of hydrogen-bond acceptors (Lipinski definition) is 3. The molecule has 0 amide bonds. The SMILES string of the molecule is Cc1cc2c(cc1C)[N@+]1(c3[c-]c(Oc4[c-]c(N(c5ccccc5)c5cc(C(C)(C)C)ccn5)cc(-c5ccccc5)c4)cc(C(C)(C)C)c3)[CH-][N@@+]2(c2ccccc2)C1.[Pt]. The van der Waals surface area contributed by atoms with E-state index >= 15 is 0 Å². The third-order valence-corrected chi connectivity index (χ3v) is 11.9. The summed E-state index contributed by atoms with van der Waals surface area (Å²) < 4.78 is 8.34. The number of benzene rings is 6. The summed E-state index contributed by atoms with van der Waals surface area (Å²) in [6, 6.07) is 57.1. The van der Waals surface area contributed by atoms with Gasteiger partial charge in [0, 0.05) is 62.3 Å². The van der Waals surface area contributed by atoms with E-state index in [9.17, 15) is 0 Å². The number of aryl methyl sites for hydroxylation is 2. The maximum atomic E-state index is 7.03. The van der Waals surface area contributed by atoms with Crippen molar-refractivity contribution in [3.63, 3.8) is 0 Å². The normalized spacial score (nSPS) is 18.0. The van der Waals surface area contributed by atoms with E-state index in [1.165, 1.54) is 39.3 Å². The zero-order valence-corrected chi connectivity index (χ0v) is 37.4. The molecule has 4 heterocycles. The molecule has 1 fully saturated rings. The number of aromatic nitrogens is 1. The quantitative estimate of drug-likeness (QED) is 0.112. The van der Waals surface area contributed by atoms with Gasteiger partial charge in [-0.2, -0.15) is 0 Å². The number of ether oxygens (including phenoxy) is 1. The Morgan fingerprint density at radius 3 is 1.81 bits per heavy atom. The molecule has 2 atom stereocenters. The molecule has 0 N–H and O–H groups in total. The van der Waals surface area contributed by atoms with Crippen LogP contribution in [-0.2, 0) is 31.9 Å². The summed E-state index contributed by atoms with van der Waals surface area (Å²) in [5, 5.41) is 0. The summed E-state index contributed by atoms with van der Waals surface area (Å²) in [4.78, 5) is 7.11. The summed E-state index contributed by atoms with van der Waals surface area (Å²) in [6.07, 6.45) is 1.91. The zero-order valence-electron chi connectivity index (χ0n) is 35.2. The third-order valence-electron chi connectivity index (χ3n) is 11.9. The van der Waals surface area contributed by atoms with Gasteiger partial charge in [0.25, 0.3) is 0 Å². The van der Waals surface area contributed by atoms with Crippen molar-refractivity contribution in [1.29, 1.82) is 0 Å². The van der Waals surface area contributed by atoms with Crippen LogP contribution in [0.5, 0.6) is 11.5 Å². The van der Waals surface area contributed by atoms with Crippen LogP contribution in [0.15, 0.2) is 146 Å². The second kappa shape index (κ2) is 15.1. The summed E-state index contributed by atoms with van der Waals surface area (Å²) in [7, 11) is 0. The summed E-state index contributed by atoms with van der Waals surface area (Å²) in [6.45, 7) is 21.2. The van der Waals surface area contributed by atoms with Crippen molar-refractivity contribution in [1.82, 2.24) is 14.0 Å². The van der Waals surface area contributed by atoms with Crippen LogP contribution in [0, 0.1) is 32.6 Å². The molecule has 2 bridgehead atoms. The number of quaternary nitrogens is 2. The van der Waals surface area contributed by atoms with Crippen molar-refractivity contribution in [3.8, 4) is 22.6 Å². The van der Waals surface area contributed by atoms with E-state index in [2.05, 4.69) is 206 Å². The Balaban J connectivity index is 0.00000484. The van der Waals surface area contributed by atoms with Gasteiger partial charge in [-0.3, -0.25) is 4.48 Å². The predicted octanol–water partition coefficient (Wildman–Crippen LogP) is 14.2. The molecule has 6 aromatic carbocycles. The molecule has 6 heteroatoms. The van der Waals surface area contributed by atoms with Gasteiger partial charge in [0.15, 0.2) is 18.0 Å². The van der Waals surface area contributed by atoms with E-state index < -0.39 is 0 Å². The Morgan fingerprint density at radius 2 is 1.19 bits per heavy atom. The van der Waals surface area contributed by atoms with Crippen LogP contribution >= 0.6 is 0 Å². The maximum Gasteiger partial charge on any atom is 0.184 e. The molecule has 10 rings (SSSR count). The van der Waals surface area contributed by atoms with E-state index in [1.807, 2.05) is 18.3 Å². The molecule has 0 spiro atoms. The number of pyridine rings is 1. The smallest absolute Gasteiger partial charge is 0.184 e. The zero-order chi connectivity index (χ0) is 40.5. The molecule has 1 aromatic heterocycles. The van der Waals surface area contributed by atoms with E-state index in [1.54, 1.807) is 0 Å². The van der Waals surface area contributed by atoms with Crippen molar-refractivity contribution in [3.05, 3.63) is 187 Å². The van der Waals surface area contributed by atoms with Crippen molar-refractivity contribution < 1.29 is 25.8 Å². The predicted molar refractivity (Wildman–Crippen MR) is 240 cm³/mol. The van der Waals surface area contributed by atoms with Crippen LogP contribution in [0.1, 0.15) is 63.8 Å². The average molecular weight is 955 g/mol.